The van der Waals surface area contributed by atoms with E-state index in [1.54, 1.807) is 16.9 Å². The smallest absolute Gasteiger partial charge is 0.307 e. The van der Waals surface area contributed by atoms with Crippen LogP contribution in [0.1, 0.15) is 47.6 Å². The van der Waals surface area contributed by atoms with Crippen molar-refractivity contribution in [2.24, 2.45) is 5.92 Å². The Bertz CT molecular complexity index is 1100. The first-order chi connectivity index (χ1) is 14.8. The lowest BCUT2D eigenvalue weighted by Crippen LogP contribution is -2.28. The highest BCUT2D eigenvalue weighted by Crippen LogP contribution is 2.18. The van der Waals surface area contributed by atoms with E-state index >= 15 is 0 Å². The van der Waals surface area contributed by atoms with Crippen molar-refractivity contribution in [3.63, 3.8) is 0 Å². The molecule has 0 saturated carbocycles. The van der Waals surface area contributed by atoms with Crippen LogP contribution in [0.25, 0.3) is 0 Å². The van der Waals surface area contributed by atoms with Gasteiger partial charge in [0.1, 0.15) is 18.2 Å². The quantitative estimate of drug-likeness (QED) is 0.391. The van der Waals surface area contributed by atoms with Gasteiger partial charge in [0.2, 0.25) is 0 Å². The van der Waals surface area contributed by atoms with Crippen molar-refractivity contribution >= 4 is 23.2 Å². The van der Waals surface area contributed by atoms with Gasteiger partial charge < -0.3 is 15.1 Å². The fourth-order valence-electron chi connectivity index (χ4n) is 2.69. The van der Waals surface area contributed by atoms with Gasteiger partial charge in [0.15, 0.2) is 11.5 Å². The Kier molecular flexibility index (Phi) is 6.48. The Morgan fingerprint density at radius 1 is 1.23 bits per heavy atom. The molecule has 12 heteroatoms. The number of amides is 2. The van der Waals surface area contributed by atoms with E-state index < -0.39 is 10.8 Å². The summed E-state index contributed by atoms with van der Waals surface area (Å²) in [6.45, 7) is 6.96. The topological polar surface area (TPSA) is 150 Å². The van der Waals surface area contributed by atoms with Crippen molar-refractivity contribution in [1.82, 2.24) is 24.9 Å². The maximum Gasteiger partial charge on any atom is 0.307 e. The monoisotopic (exact) mass is 429 g/mol. The lowest BCUT2D eigenvalue weighted by Gasteiger charge is -2.07. The molecule has 2 amide bonds. The Morgan fingerprint density at radius 3 is 2.65 bits per heavy atom. The summed E-state index contributed by atoms with van der Waals surface area (Å²) in [5.41, 5.74) is 0.251. The summed E-state index contributed by atoms with van der Waals surface area (Å²) in [5, 5.41) is 24.3. The molecule has 0 aliphatic carbocycles. The molecule has 0 radical (unpaired) electrons. The predicted octanol–water partition coefficient (Wildman–Crippen LogP) is 2.29. The molecular weight excluding hydrogens is 406 g/mol. The van der Waals surface area contributed by atoms with Crippen LogP contribution in [0, 0.1) is 16.0 Å². The fourth-order valence-corrected chi connectivity index (χ4v) is 2.69. The highest BCUT2D eigenvalue weighted by atomic mass is 16.6. The average molecular weight is 429 g/mol. The second kappa shape index (κ2) is 9.24. The van der Waals surface area contributed by atoms with Crippen molar-refractivity contribution < 1.29 is 18.9 Å². The zero-order valence-corrected chi connectivity index (χ0v) is 17.4. The van der Waals surface area contributed by atoms with Crippen molar-refractivity contribution in [2.75, 3.05) is 11.9 Å². The average Bonchev–Trinajstić information content (AvgIpc) is 3.46. The van der Waals surface area contributed by atoms with Crippen molar-refractivity contribution in [3.8, 4) is 0 Å². The van der Waals surface area contributed by atoms with E-state index in [1.807, 2.05) is 20.8 Å². The van der Waals surface area contributed by atoms with E-state index in [2.05, 4.69) is 20.8 Å². The van der Waals surface area contributed by atoms with Gasteiger partial charge in [0.05, 0.1) is 17.2 Å². The molecule has 3 aromatic heterocycles. The van der Waals surface area contributed by atoms with Crippen LogP contribution >= 0.6 is 0 Å². The third kappa shape index (κ3) is 5.35. The Morgan fingerprint density at radius 2 is 2.00 bits per heavy atom. The number of aromatic nitrogens is 4. The minimum Gasteiger partial charge on any atom is -0.454 e. The molecular formula is C19H23N7O5. The van der Waals surface area contributed by atoms with Crippen LogP contribution in [0.5, 0.6) is 0 Å². The van der Waals surface area contributed by atoms with Crippen LogP contribution in [0.15, 0.2) is 35.1 Å². The summed E-state index contributed by atoms with van der Waals surface area (Å²) < 4.78 is 8.42. The maximum atomic E-state index is 12.6. The number of anilines is 1. The molecule has 2 N–H and O–H groups in total. The van der Waals surface area contributed by atoms with Crippen LogP contribution in [0.4, 0.5) is 11.4 Å². The summed E-state index contributed by atoms with van der Waals surface area (Å²) in [6.07, 6.45) is 3.98. The molecule has 3 heterocycles. The summed E-state index contributed by atoms with van der Waals surface area (Å²) in [7, 11) is 0. The van der Waals surface area contributed by atoms with E-state index in [1.165, 1.54) is 16.9 Å². The van der Waals surface area contributed by atoms with Crippen LogP contribution < -0.4 is 10.6 Å². The van der Waals surface area contributed by atoms with Crippen LogP contribution in [-0.2, 0) is 13.1 Å². The minimum absolute atomic E-state index is 0.0226. The molecule has 164 valence electrons. The summed E-state index contributed by atoms with van der Waals surface area (Å²) in [5.74, 6) is -0.243. The predicted molar refractivity (Wildman–Crippen MR) is 110 cm³/mol. The van der Waals surface area contributed by atoms with Gasteiger partial charge in [0.25, 0.3) is 11.8 Å². The zero-order chi connectivity index (χ0) is 22.5. The van der Waals surface area contributed by atoms with Crippen LogP contribution in [0.3, 0.4) is 0 Å². The summed E-state index contributed by atoms with van der Waals surface area (Å²) >= 11 is 0. The number of nitrogens with zero attached hydrogens (tertiary/aromatic N) is 5. The normalized spacial score (nSPS) is 11.0. The fraction of sp³-hybridized carbons (Fsp3) is 0.368. The molecule has 0 atom stereocenters. The molecule has 0 aliphatic rings. The van der Waals surface area contributed by atoms with Crippen molar-refractivity contribution in [1.29, 1.82) is 0 Å². The molecule has 0 fully saturated rings. The molecule has 0 unspecified atom stereocenters. The number of nitrogens with one attached hydrogen (secondary N) is 2. The van der Waals surface area contributed by atoms with Crippen molar-refractivity contribution in [2.45, 2.75) is 33.9 Å². The molecule has 3 rings (SSSR count). The zero-order valence-electron chi connectivity index (χ0n) is 17.4. The molecule has 0 aromatic carbocycles. The lowest BCUT2D eigenvalue weighted by atomic mass is 10.2. The second-order valence-electron chi connectivity index (χ2n) is 7.22. The Balaban J connectivity index is 1.70. The standard InChI is InChI=1S/C19H23N7O5/c1-4-24-11-15(17(23-24)19(28)20-7-12(2)3)22-18(27)16-6-5-14(31-16)10-25-9-13(8-21-25)26(29)30/h5-6,8-9,11-12H,4,7,10H2,1-3H3,(H,20,28)(H,22,27). The van der Waals surface area contributed by atoms with Gasteiger partial charge >= 0.3 is 5.69 Å². The number of furan rings is 1. The maximum absolute atomic E-state index is 12.6. The van der Waals surface area contributed by atoms with Crippen molar-refractivity contribution in [3.05, 3.63) is 58.1 Å². The number of carbonyl (C=O) groups is 2. The summed E-state index contributed by atoms with van der Waals surface area (Å²) in [6, 6.07) is 3.06. The first-order valence-electron chi connectivity index (χ1n) is 9.69. The second-order valence-corrected chi connectivity index (χ2v) is 7.22. The first-order valence-corrected chi connectivity index (χ1v) is 9.69. The van der Waals surface area contributed by atoms with Crippen LogP contribution in [0.2, 0.25) is 0 Å². The van der Waals surface area contributed by atoms with Crippen LogP contribution in [-0.4, -0.2) is 42.8 Å². The molecule has 3 aromatic rings. The van der Waals surface area contributed by atoms with E-state index in [0.717, 1.165) is 6.20 Å². The third-order valence-electron chi connectivity index (χ3n) is 4.25. The molecule has 31 heavy (non-hydrogen) atoms. The molecule has 0 saturated heterocycles. The number of nitro groups is 1. The van der Waals surface area contributed by atoms with E-state index in [9.17, 15) is 19.7 Å². The van der Waals surface area contributed by atoms with Gasteiger partial charge in [-0.1, -0.05) is 13.8 Å². The largest absolute Gasteiger partial charge is 0.454 e. The van der Waals surface area contributed by atoms with E-state index in [4.69, 9.17) is 4.42 Å². The number of hydrogen-bond acceptors (Lipinski definition) is 7. The summed E-state index contributed by atoms with van der Waals surface area (Å²) in [4.78, 5) is 35.3. The first kappa shape index (κ1) is 21.7. The molecule has 12 nitrogen and oxygen atoms in total. The lowest BCUT2D eigenvalue weighted by molar-refractivity contribution is -0.385. The van der Waals surface area contributed by atoms with Gasteiger partial charge in [-0.3, -0.25) is 29.1 Å². The molecule has 0 bridgehead atoms. The molecule has 0 aliphatic heterocycles. The van der Waals surface area contributed by atoms with Gasteiger partial charge in [0, 0.05) is 19.3 Å². The van der Waals surface area contributed by atoms with Gasteiger partial charge in [-0.25, -0.2) is 0 Å². The number of aryl methyl sites for hydroxylation is 1. The highest BCUT2D eigenvalue weighted by molar-refractivity contribution is 6.07. The SMILES string of the molecule is CCn1cc(NC(=O)c2ccc(Cn3cc([N+](=O)[O-])cn3)o2)c(C(=O)NCC(C)C)n1. The Hall–Kier alpha value is -3.96. The number of hydrogen-bond donors (Lipinski definition) is 2. The van der Waals surface area contributed by atoms with Gasteiger partial charge in [-0.2, -0.15) is 10.2 Å². The minimum atomic E-state index is -0.550. The van der Waals surface area contributed by atoms with Gasteiger partial charge in [-0.15, -0.1) is 0 Å². The Labute approximate surface area is 177 Å². The molecule has 0 spiro atoms. The third-order valence-corrected chi connectivity index (χ3v) is 4.25. The van der Waals surface area contributed by atoms with E-state index in [-0.39, 0.29) is 41.2 Å². The van der Waals surface area contributed by atoms with Gasteiger partial charge in [-0.05, 0) is 25.0 Å². The number of rotatable bonds is 9. The number of carbonyl (C=O) groups excluding carboxylic acids is 2. The van der Waals surface area contributed by atoms with E-state index in [0.29, 0.717) is 18.8 Å². The highest BCUT2D eigenvalue weighted by Gasteiger charge is 2.21.